The molecule has 0 unspecified atom stereocenters. The molecule has 7 nitrogen and oxygen atoms in total. The molecule has 0 fully saturated rings. The van der Waals surface area contributed by atoms with Crippen molar-refractivity contribution in [1.29, 1.82) is 0 Å². The van der Waals surface area contributed by atoms with Crippen LogP contribution in [0.3, 0.4) is 0 Å². The minimum Gasteiger partial charge on any atom is -0.322 e. The number of nitrogens with zero attached hydrogens (tertiary/aromatic N) is 3. The van der Waals surface area contributed by atoms with Gasteiger partial charge in [0.1, 0.15) is 0 Å². The SMILES string of the molecule is Cc1ccc(NC(=O)c2cc(-c3cccc4c3[nH]c(=O)n4-c3ncccn3)ccc2C(F)(F)F)cc1. The first-order valence-electron chi connectivity index (χ1n) is 10.8. The van der Waals surface area contributed by atoms with Crippen molar-refractivity contribution in [3.05, 3.63) is 106 Å². The molecule has 1 amide bonds. The molecule has 2 heterocycles. The summed E-state index contributed by atoms with van der Waals surface area (Å²) in [5.74, 6) is -0.750. The second-order valence-electron chi connectivity index (χ2n) is 8.09. The minimum absolute atomic E-state index is 0.150. The summed E-state index contributed by atoms with van der Waals surface area (Å²) in [5, 5.41) is 2.53. The number of nitrogens with one attached hydrogen (secondary N) is 2. The summed E-state index contributed by atoms with van der Waals surface area (Å²) in [6.45, 7) is 1.86. The number of hydrogen-bond acceptors (Lipinski definition) is 4. The van der Waals surface area contributed by atoms with Crippen LogP contribution in [0.15, 0.2) is 83.9 Å². The normalized spacial score (nSPS) is 11.6. The fourth-order valence-corrected chi connectivity index (χ4v) is 3.96. The summed E-state index contributed by atoms with van der Waals surface area (Å²) >= 11 is 0. The number of anilines is 1. The maximum atomic E-state index is 13.8. The molecule has 180 valence electrons. The van der Waals surface area contributed by atoms with Crippen molar-refractivity contribution in [3.8, 4) is 17.1 Å². The molecule has 2 aromatic heterocycles. The van der Waals surface area contributed by atoms with Crippen molar-refractivity contribution in [1.82, 2.24) is 19.5 Å². The van der Waals surface area contributed by atoms with Crippen LogP contribution in [0, 0.1) is 6.92 Å². The lowest BCUT2D eigenvalue weighted by Crippen LogP contribution is -2.19. The van der Waals surface area contributed by atoms with Crippen molar-refractivity contribution < 1.29 is 18.0 Å². The Bertz CT molecular complexity index is 1640. The van der Waals surface area contributed by atoms with Crippen LogP contribution in [0.2, 0.25) is 0 Å². The van der Waals surface area contributed by atoms with Crippen molar-refractivity contribution in [2.24, 2.45) is 0 Å². The highest BCUT2D eigenvalue weighted by Gasteiger charge is 2.35. The van der Waals surface area contributed by atoms with Gasteiger partial charge in [0.05, 0.1) is 22.2 Å². The lowest BCUT2D eigenvalue weighted by atomic mass is 9.97. The van der Waals surface area contributed by atoms with E-state index in [2.05, 4.69) is 20.3 Å². The zero-order valence-corrected chi connectivity index (χ0v) is 18.8. The molecule has 0 atom stereocenters. The molecule has 5 aromatic rings. The molecule has 10 heteroatoms. The van der Waals surface area contributed by atoms with Crippen LogP contribution in [0.25, 0.3) is 28.1 Å². The third-order valence-corrected chi connectivity index (χ3v) is 5.66. The summed E-state index contributed by atoms with van der Waals surface area (Å²) in [4.78, 5) is 36.6. The first kappa shape index (κ1) is 23.0. The molecule has 0 saturated heterocycles. The average Bonchev–Trinajstić information content (AvgIpc) is 3.20. The Labute approximate surface area is 202 Å². The topological polar surface area (TPSA) is 92.7 Å². The molecule has 0 aliphatic carbocycles. The number of hydrogen-bond donors (Lipinski definition) is 2. The van der Waals surface area contributed by atoms with Gasteiger partial charge in [-0.1, -0.05) is 35.9 Å². The number of carbonyl (C=O) groups excluding carboxylic acids is 1. The van der Waals surface area contributed by atoms with E-state index in [9.17, 15) is 22.8 Å². The number of benzene rings is 3. The Balaban J connectivity index is 1.64. The smallest absolute Gasteiger partial charge is 0.322 e. The Hall–Kier alpha value is -4.73. The molecule has 2 N–H and O–H groups in total. The summed E-state index contributed by atoms with van der Waals surface area (Å²) in [6, 6.07) is 16.6. The van der Waals surface area contributed by atoms with Gasteiger partial charge in [0.25, 0.3) is 5.91 Å². The second-order valence-corrected chi connectivity index (χ2v) is 8.09. The highest BCUT2D eigenvalue weighted by Crippen LogP contribution is 2.36. The average molecular weight is 489 g/mol. The monoisotopic (exact) mass is 489 g/mol. The van der Waals surface area contributed by atoms with E-state index in [1.165, 1.54) is 29.1 Å². The zero-order chi connectivity index (χ0) is 25.4. The van der Waals surface area contributed by atoms with Crippen LogP contribution in [-0.2, 0) is 6.18 Å². The Kier molecular flexibility index (Phi) is 5.63. The summed E-state index contributed by atoms with van der Waals surface area (Å²) in [5.41, 5.74) is 0.790. The Morgan fingerprint density at radius 1 is 0.972 bits per heavy atom. The van der Waals surface area contributed by atoms with Crippen molar-refractivity contribution in [2.45, 2.75) is 13.1 Å². The van der Waals surface area contributed by atoms with Crippen LogP contribution in [-0.4, -0.2) is 25.4 Å². The second kappa shape index (κ2) is 8.81. The van der Waals surface area contributed by atoms with Crippen LogP contribution in [0.1, 0.15) is 21.5 Å². The highest BCUT2D eigenvalue weighted by molar-refractivity contribution is 6.06. The summed E-state index contributed by atoms with van der Waals surface area (Å²) in [6.07, 6.45) is -1.76. The van der Waals surface area contributed by atoms with Gasteiger partial charge in [-0.25, -0.2) is 19.3 Å². The van der Waals surface area contributed by atoms with E-state index in [1.807, 2.05) is 6.92 Å². The van der Waals surface area contributed by atoms with Gasteiger partial charge >= 0.3 is 11.9 Å². The summed E-state index contributed by atoms with van der Waals surface area (Å²) < 4.78 is 42.6. The number of aromatic nitrogens is 4. The van der Waals surface area contributed by atoms with Gasteiger partial charge in [0, 0.05) is 23.6 Å². The molecule has 0 radical (unpaired) electrons. The van der Waals surface area contributed by atoms with Gasteiger partial charge in [-0.05, 0) is 48.9 Å². The lowest BCUT2D eigenvalue weighted by molar-refractivity contribution is -0.137. The number of amides is 1. The molecule has 0 bridgehead atoms. The number of imidazole rings is 1. The maximum absolute atomic E-state index is 13.8. The molecule has 0 aliphatic heterocycles. The van der Waals surface area contributed by atoms with Gasteiger partial charge in [0.2, 0.25) is 5.95 Å². The standard InChI is InChI=1S/C26H18F3N5O2/c1-15-6-9-17(10-7-15)32-23(35)19-14-16(8-11-20(19)26(27,28)29)18-4-2-5-21-22(18)33-25(36)34(21)24-30-12-3-13-31-24/h2-14H,1H3,(H,32,35)(H,33,36). The van der Waals surface area contributed by atoms with E-state index < -0.39 is 28.9 Å². The number of aryl methyl sites for hydroxylation is 1. The van der Waals surface area contributed by atoms with Gasteiger partial charge in [-0.3, -0.25) is 4.79 Å². The first-order chi connectivity index (χ1) is 17.2. The van der Waals surface area contributed by atoms with Crippen molar-refractivity contribution in [2.75, 3.05) is 5.32 Å². The quantitative estimate of drug-likeness (QED) is 0.356. The van der Waals surface area contributed by atoms with Gasteiger partial charge < -0.3 is 10.3 Å². The number of H-pyrrole nitrogens is 1. The van der Waals surface area contributed by atoms with Gasteiger partial charge in [0.15, 0.2) is 0 Å². The van der Waals surface area contributed by atoms with Crippen molar-refractivity contribution in [3.63, 3.8) is 0 Å². The van der Waals surface area contributed by atoms with Crippen molar-refractivity contribution >= 4 is 22.6 Å². The number of fused-ring (bicyclic) bond motifs is 1. The number of para-hydroxylation sites is 1. The molecule has 36 heavy (non-hydrogen) atoms. The number of halogens is 3. The minimum atomic E-state index is -4.74. The third-order valence-electron chi connectivity index (χ3n) is 5.66. The van der Waals surface area contributed by atoms with E-state index in [-0.39, 0.29) is 5.95 Å². The molecule has 3 aromatic carbocycles. The lowest BCUT2D eigenvalue weighted by Gasteiger charge is -2.15. The van der Waals surface area contributed by atoms with E-state index >= 15 is 0 Å². The molecular formula is C26H18F3N5O2. The van der Waals surface area contributed by atoms with Crippen LogP contribution >= 0.6 is 0 Å². The summed E-state index contributed by atoms with van der Waals surface area (Å²) in [7, 11) is 0. The zero-order valence-electron chi connectivity index (χ0n) is 18.8. The number of carbonyl (C=O) groups is 1. The Morgan fingerprint density at radius 2 is 1.69 bits per heavy atom. The van der Waals surface area contributed by atoms with E-state index in [0.717, 1.165) is 11.6 Å². The highest BCUT2D eigenvalue weighted by atomic mass is 19.4. The maximum Gasteiger partial charge on any atom is 0.417 e. The molecular weight excluding hydrogens is 471 g/mol. The fourth-order valence-electron chi connectivity index (χ4n) is 3.96. The number of rotatable bonds is 4. The van der Waals surface area contributed by atoms with E-state index in [0.29, 0.717) is 27.8 Å². The van der Waals surface area contributed by atoms with Crippen LogP contribution in [0.5, 0.6) is 0 Å². The van der Waals surface area contributed by atoms with Gasteiger partial charge in [-0.2, -0.15) is 13.2 Å². The largest absolute Gasteiger partial charge is 0.417 e. The molecule has 0 spiro atoms. The number of alkyl halides is 3. The Morgan fingerprint density at radius 3 is 2.39 bits per heavy atom. The third kappa shape index (κ3) is 4.24. The van der Waals surface area contributed by atoms with Gasteiger partial charge in [-0.15, -0.1) is 0 Å². The molecule has 0 aliphatic rings. The number of aromatic amines is 1. The predicted molar refractivity (Wildman–Crippen MR) is 129 cm³/mol. The van der Waals surface area contributed by atoms with E-state index in [1.54, 1.807) is 48.5 Å². The van der Waals surface area contributed by atoms with Crippen LogP contribution in [0.4, 0.5) is 18.9 Å². The fraction of sp³-hybridized carbons (Fsp3) is 0.0769. The molecule has 0 saturated carbocycles. The van der Waals surface area contributed by atoms with Crippen LogP contribution < -0.4 is 11.0 Å². The molecule has 5 rings (SSSR count). The van der Waals surface area contributed by atoms with E-state index in [4.69, 9.17) is 0 Å². The first-order valence-corrected chi connectivity index (χ1v) is 10.8. The predicted octanol–water partition coefficient (Wildman–Crippen LogP) is 5.36.